The van der Waals surface area contributed by atoms with Crippen LogP contribution in [0.15, 0.2) is 47.8 Å². The van der Waals surface area contributed by atoms with Crippen molar-refractivity contribution in [3.63, 3.8) is 0 Å². The number of amides is 2. The number of rotatable bonds is 6. The maximum Gasteiger partial charge on any atom is 0.263 e. The fourth-order valence-corrected chi connectivity index (χ4v) is 4.95. The van der Waals surface area contributed by atoms with Gasteiger partial charge in [-0.25, -0.2) is 15.0 Å². The Morgan fingerprint density at radius 3 is 2.58 bits per heavy atom. The first-order valence-corrected chi connectivity index (χ1v) is 13.0. The third-order valence-corrected chi connectivity index (χ3v) is 6.69. The highest BCUT2D eigenvalue weighted by Crippen LogP contribution is 2.40. The number of hydrogen-bond acceptors (Lipinski definition) is 9. The fourth-order valence-electron chi connectivity index (χ4n) is 3.54. The zero-order valence-electron chi connectivity index (χ0n) is 20.5. The minimum atomic E-state index is -0.415. The van der Waals surface area contributed by atoms with Crippen molar-refractivity contribution in [2.75, 3.05) is 24.4 Å². The Morgan fingerprint density at radius 2 is 1.89 bits per heavy atom. The van der Waals surface area contributed by atoms with Crippen molar-refractivity contribution in [3.05, 3.63) is 53.0 Å². The number of nitrogens with zero attached hydrogens (tertiary/aromatic N) is 3. The highest BCUT2D eigenvalue weighted by Gasteiger charge is 2.25. The molecule has 4 aromatic rings. The molecule has 0 aliphatic rings. The number of thiophene rings is 1. The lowest BCUT2D eigenvalue weighted by atomic mass is 10.1. The molecule has 0 aliphatic carbocycles. The number of carbonyl (C=O) groups is 2. The summed E-state index contributed by atoms with van der Waals surface area (Å²) in [6.07, 6.45) is 3.44. The number of anilines is 2. The summed E-state index contributed by atoms with van der Waals surface area (Å²) in [4.78, 5) is 40.2. The number of nitrogens with two attached hydrogens (primary N) is 1. The van der Waals surface area contributed by atoms with Gasteiger partial charge >= 0.3 is 0 Å². The molecule has 4 rings (SSSR count). The molecule has 3 aromatic heterocycles. The van der Waals surface area contributed by atoms with Gasteiger partial charge in [-0.3, -0.25) is 9.59 Å². The third kappa shape index (κ3) is 5.26. The predicted molar refractivity (Wildman–Crippen MR) is 145 cm³/mol. The van der Waals surface area contributed by atoms with Crippen molar-refractivity contribution < 1.29 is 14.3 Å². The van der Waals surface area contributed by atoms with E-state index in [9.17, 15) is 9.59 Å². The van der Waals surface area contributed by atoms with Gasteiger partial charge in [-0.2, -0.15) is 0 Å². The second-order valence-electron chi connectivity index (χ2n) is 8.88. The molecule has 3 heterocycles. The molecule has 9 nitrogen and oxygen atoms in total. The van der Waals surface area contributed by atoms with E-state index in [4.69, 9.17) is 15.5 Å². The van der Waals surface area contributed by atoms with E-state index < -0.39 is 5.54 Å². The standard InChI is InChI=1S/C25H26N6O3S2/c1-25(2,3)31-21(33)19-17(26)16-18(29-24(35-5)30-23(16)36-19)13-8-6-9-14(12-13)28-20(32)15-10-7-11-27-22(15)34-4/h6-12H,26H2,1-5H3,(H,28,32)(H,31,33). The number of ether oxygens (including phenoxy) is 1. The Hall–Kier alpha value is -3.70. The van der Waals surface area contributed by atoms with Gasteiger partial charge in [-0.1, -0.05) is 23.9 Å². The summed E-state index contributed by atoms with van der Waals surface area (Å²) in [6, 6.07) is 10.6. The van der Waals surface area contributed by atoms with Crippen LogP contribution in [0.4, 0.5) is 11.4 Å². The smallest absolute Gasteiger partial charge is 0.263 e. The van der Waals surface area contributed by atoms with Crippen molar-refractivity contribution >= 4 is 56.5 Å². The third-order valence-electron chi connectivity index (χ3n) is 5.05. The van der Waals surface area contributed by atoms with Crippen LogP contribution in [0, 0.1) is 0 Å². The van der Waals surface area contributed by atoms with E-state index in [1.165, 1.54) is 30.2 Å². The lowest BCUT2D eigenvalue weighted by molar-refractivity contribution is 0.0924. The normalized spacial score (nSPS) is 11.4. The maximum absolute atomic E-state index is 12.9. The summed E-state index contributed by atoms with van der Waals surface area (Å²) in [5.74, 6) is -0.377. The van der Waals surface area contributed by atoms with Gasteiger partial charge in [-0.15, -0.1) is 11.3 Å². The van der Waals surface area contributed by atoms with E-state index in [2.05, 4.69) is 20.6 Å². The second-order valence-corrected chi connectivity index (χ2v) is 10.7. The summed E-state index contributed by atoms with van der Waals surface area (Å²) < 4.78 is 5.20. The second kappa shape index (κ2) is 10.1. The predicted octanol–water partition coefficient (Wildman–Crippen LogP) is 4.85. The number of thioether (sulfide) groups is 1. The zero-order chi connectivity index (χ0) is 26.0. The van der Waals surface area contributed by atoms with E-state index >= 15 is 0 Å². The number of methoxy groups -OCH3 is 1. The lowest BCUT2D eigenvalue weighted by Crippen LogP contribution is -2.40. The number of nitrogen functional groups attached to an aromatic ring is 1. The molecule has 0 spiro atoms. The molecule has 0 saturated carbocycles. The van der Waals surface area contributed by atoms with Crippen LogP contribution in [-0.4, -0.2) is 45.7 Å². The summed E-state index contributed by atoms with van der Waals surface area (Å²) >= 11 is 2.63. The molecular weight excluding hydrogens is 496 g/mol. The SMILES string of the molecule is COc1ncccc1C(=O)Nc1cccc(-c2nc(SC)nc3sc(C(=O)NC(C)(C)C)c(N)c23)c1. The molecule has 4 N–H and O–H groups in total. The average Bonchev–Trinajstić information content (AvgIpc) is 3.19. The molecule has 0 saturated heterocycles. The van der Waals surface area contributed by atoms with Crippen molar-refractivity contribution in [3.8, 4) is 17.1 Å². The van der Waals surface area contributed by atoms with Crippen LogP contribution >= 0.6 is 23.1 Å². The quantitative estimate of drug-likeness (QED) is 0.242. The highest BCUT2D eigenvalue weighted by atomic mass is 32.2. The molecule has 0 fully saturated rings. The van der Waals surface area contributed by atoms with Crippen LogP contribution in [0.1, 0.15) is 40.8 Å². The highest BCUT2D eigenvalue weighted by molar-refractivity contribution is 7.98. The van der Waals surface area contributed by atoms with Crippen molar-refractivity contribution in [1.29, 1.82) is 0 Å². The number of hydrogen-bond donors (Lipinski definition) is 3. The van der Waals surface area contributed by atoms with Gasteiger partial charge in [-0.05, 0) is 51.3 Å². The fraction of sp³-hybridized carbons (Fsp3) is 0.240. The molecule has 186 valence electrons. The Morgan fingerprint density at radius 1 is 1.11 bits per heavy atom. The molecule has 0 unspecified atom stereocenters. The topological polar surface area (TPSA) is 132 Å². The van der Waals surface area contributed by atoms with Crippen LogP contribution < -0.4 is 21.1 Å². The number of aromatic nitrogens is 3. The summed E-state index contributed by atoms with van der Waals surface area (Å²) in [5.41, 5.74) is 8.58. The molecule has 0 atom stereocenters. The average molecular weight is 523 g/mol. The van der Waals surface area contributed by atoms with Crippen LogP contribution in [-0.2, 0) is 0 Å². The lowest BCUT2D eigenvalue weighted by Gasteiger charge is -2.20. The van der Waals surface area contributed by atoms with Gasteiger partial charge in [0.1, 0.15) is 15.3 Å². The van der Waals surface area contributed by atoms with Crippen LogP contribution in [0.2, 0.25) is 0 Å². The molecular formula is C25H26N6O3S2. The number of benzene rings is 1. The van der Waals surface area contributed by atoms with Crippen LogP contribution in [0.3, 0.4) is 0 Å². The number of nitrogens with one attached hydrogen (secondary N) is 2. The monoisotopic (exact) mass is 522 g/mol. The van der Waals surface area contributed by atoms with E-state index in [0.717, 1.165) is 5.56 Å². The van der Waals surface area contributed by atoms with Gasteiger partial charge < -0.3 is 21.1 Å². The first kappa shape index (κ1) is 25.4. The minimum Gasteiger partial charge on any atom is -0.480 e. The van der Waals surface area contributed by atoms with Crippen molar-refractivity contribution in [2.45, 2.75) is 31.5 Å². The van der Waals surface area contributed by atoms with Gasteiger partial charge in [0.05, 0.1) is 23.9 Å². The number of fused-ring (bicyclic) bond motifs is 1. The molecule has 36 heavy (non-hydrogen) atoms. The molecule has 0 radical (unpaired) electrons. The van der Waals surface area contributed by atoms with Crippen molar-refractivity contribution in [2.24, 2.45) is 0 Å². The van der Waals surface area contributed by atoms with Crippen LogP contribution in [0.5, 0.6) is 5.88 Å². The molecule has 0 aliphatic heterocycles. The number of carbonyl (C=O) groups excluding carboxylic acids is 2. The molecule has 1 aromatic carbocycles. The summed E-state index contributed by atoms with van der Waals surface area (Å²) in [5, 5.41) is 7.00. The van der Waals surface area contributed by atoms with Crippen LogP contribution in [0.25, 0.3) is 21.5 Å². The van der Waals surface area contributed by atoms with E-state index in [1.54, 1.807) is 30.5 Å². The maximum atomic E-state index is 12.9. The largest absolute Gasteiger partial charge is 0.480 e. The van der Waals surface area contributed by atoms with Gasteiger partial charge in [0.15, 0.2) is 5.16 Å². The Bertz CT molecular complexity index is 1460. The molecule has 0 bridgehead atoms. The van der Waals surface area contributed by atoms with Gasteiger partial charge in [0.2, 0.25) is 5.88 Å². The van der Waals surface area contributed by atoms with Gasteiger partial charge in [0.25, 0.3) is 11.8 Å². The molecule has 2 amide bonds. The molecule has 11 heteroatoms. The van der Waals surface area contributed by atoms with E-state index in [-0.39, 0.29) is 17.7 Å². The minimum absolute atomic E-state index is 0.236. The zero-order valence-corrected chi connectivity index (χ0v) is 22.1. The van der Waals surface area contributed by atoms with Gasteiger partial charge in [0, 0.05) is 23.0 Å². The first-order chi connectivity index (χ1) is 17.1. The van der Waals surface area contributed by atoms with Crippen molar-refractivity contribution in [1.82, 2.24) is 20.3 Å². The number of pyridine rings is 1. The van der Waals surface area contributed by atoms with E-state index in [1.807, 2.05) is 39.2 Å². The Kier molecular flexibility index (Phi) is 7.14. The summed E-state index contributed by atoms with van der Waals surface area (Å²) in [7, 11) is 1.46. The first-order valence-electron chi connectivity index (χ1n) is 11.0. The Labute approximate surface area is 216 Å². The Balaban J connectivity index is 1.76. The van der Waals surface area contributed by atoms with E-state index in [0.29, 0.717) is 42.9 Å². The summed E-state index contributed by atoms with van der Waals surface area (Å²) in [6.45, 7) is 5.73.